The van der Waals surface area contributed by atoms with Crippen molar-refractivity contribution in [2.45, 2.75) is 25.2 Å². The van der Waals surface area contributed by atoms with Gasteiger partial charge in [0.25, 0.3) is 11.8 Å². The molecule has 1 aliphatic carbocycles. The summed E-state index contributed by atoms with van der Waals surface area (Å²) in [5, 5.41) is 14.4. The molecule has 13 heteroatoms. The number of anilines is 3. The second-order valence-electron chi connectivity index (χ2n) is 8.06. The van der Waals surface area contributed by atoms with Gasteiger partial charge in [0.1, 0.15) is 12.0 Å². The summed E-state index contributed by atoms with van der Waals surface area (Å²) in [5.41, 5.74) is 1.91. The Balaban J connectivity index is 1.36. The van der Waals surface area contributed by atoms with Gasteiger partial charge >= 0.3 is 0 Å². The molecule has 0 bridgehead atoms. The van der Waals surface area contributed by atoms with Gasteiger partial charge in [-0.25, -0.2) is 19.9 Å². The van der Waals surface area contributed by atoms with Crippen LogP contribution in [-0.4, -0.2) is 66.4 Å². The van der Waals surface area contributed by atoms with E-state index in [0.29, 0.717) is 18.2 Å². The lowest BCUT2D eigenvalue weighted by molar-refractivity contribution is -0.112. The van der Waals surface area contributed by atoms with Crippen LogP contribution in [0.4, 0.5) is 17.2 Å². The Morgan fingerprint density at radius 1 is 1.15 bits per heavy atom. The van der Waals surface area contributed by atoms with E-state index in [-0.39, 0.29) is 35.5 Å². The maximum Gasteiger partial charge on any atom is 0.278 e. The summed E-state index contributed by atoms with van der Waals surface area (Å²) in [5.74, 6) is -0.332. The minimum absolute atomic E-state index is 0.105. The van der Waals surface area contributed by atoms with Crippen LogP contribution in [0.1, 0.15) is 51.9 Å². The highest BCUT2D eigenvalue weighted by Gasteiger charge is 2.28. The predicted molar refractivity (Wildman–Crippen MR) is 120 cm³/mol. The van der Waals surface area contributed by atoms with Gasteiger partial charge in [-0.15, -0.1) is 0 Å². The minimum Gasteiger partial charge on any atom is -0.336 e. The Kier molecular flexibility index (Phi) is 6.10. The number of hydroxylamine groups is 2. The van der Waals surface area contributed by atoms with Crippen LogP contribution in [0.2, 0.25) is 0 Å². The normalized spacial score (nSPS) is 15.8. The van der Waals surface area contributed by atoms with Crippen LogP contribution in [-0.2, 0) is 11.9 Å². The van der Waals surface area contributed by atoms with Crippen molar-refractivity contribution < 1.29 is 14.4 Å². The molecule has 3 aromatic rings. The zero-order valence-electron chi connectivity index (χ0n) is 18.6. The Morgan fingerprint density at radius 3 is 2.71 bits per heavy atom. The lowest BCUT2D eigenvalue weighted by Gasteiger charge is -2.15. The molecule has 3 N–H and O–H groups in total. The molecule has 5 rings (SSSR count). The number of aryl methyl sites for hydroxylation is 1. The predicted octanol–water partition coefficient (Wildman–Crippen LogP) is 1.20. The number of nitrogens with one attached hydrogen (secondary N) is 3. The van der Waals surface area contributed by atoms with Crippen molar-refractivity contribution in [1.29, 1.82) is 0 Å². The molecule has 3 aromatic heterocycles. The molecular formula is C21H24N10O3. The summed E-state index contributed by atoms with van der Waals surface area (Å²) in [6.45, 7) is 1.61. The SMILES string of the molecule is Cn1ncc(NC(=O)c2nc(C3CC3)cnc2Nc2cncnc2)c1C(=O)NCN1CCCO1. The average molecular weight is 464 g/mol. The van der Waals surface area contributed by atoms with Crippen LogP contribution in [0, 0.1) is 0 Å². The smallest absolute Gasteiger partial charge is 0.278 e. The molecule has 34 heavy (non-hydrogen) atoms. The molecule has 1 saturated heterocycles. The maximum absolute atomic E-state index is 13.3. The number of amides is 2. The van der Waals surface area contributed by atoms with E-state index in [9.17, 15) is 9.59 Å². The molecule has 2 amide bonds. The number of hydrogen-bond acceptors (Lipinski definition) is 10. The third-order valence-electron chi connectivity index (χ3n) is 5.47. The number of hydrogen-bond donors (Lipinski definition) is 3. The van der Waals surface area contributed by atoms with E-state index in [1.807, 2.05) is 0 Å². The van der Waals surface area contributed by atoms with E-state index in [1.165, 1.54) is 17.2 Å². The average Bonchev–Trinajstić information content (AvgIpc) is 3.44. The summed E-state index contributed by atoms with van der Waals surface area (Å²) >= 11 is 0. The van der Waals surface area contributed by atoms with Crippen molar-refractivity contribution in [3.8, 4) is 0 Å². The fourth-order valence-corrected chi connectivity index (χ4v) is 3.58. The number of nitrogens with zero attached hydrogens (tertiary/aromatic N) is 7. The molecule has 4 heterocycles. The van der Waals surface area contributed by atoms with Crippen LogP contribution >= 0.6 is 0 Å². The van der Waals surface area contributed by atoms with Crippen molar-refractivity contribution >= 4 is 29.0 Å². The van der Waals surface area contributed by atoms with Gasteiger partial charge in [-0.2, -0.15) is 10.2 Å². The Morgan fingerprint density at radius 2 is 1.97 bits per heavy atom. The fraction of sp³-hybridized carbons (Fsp3) is 0.381. The Hall–Kier alpha value is -3.97. The van der Waals surface area contributed by atoms with E-state index < -0.39 is 5.91 Å². The first-order valence-electron chi connectivity index (χ1n) is 11.0. The van der Waals surface area contributed by atoms with Gasteiger partial charge in [-0.3, -0.25) is 19.1 Å². The largest absolute Gasteiger partial charge is 0.336 e. The molecule has 2 fully saturated rings. The molecule has 1 aliphatic heterocycles. The summed E-state index contributed by atoms with van der Waals surface area (Å²) in [6.07, 6.45) is 10.6. The molecule has 0 atom stereocenters. The number of carbonyl (C=O) groups excluding carboxylic acids is 2. The van der Waals surface area contributed by atoms with Crippen LogP contribution in [0.3, 0.4) is 0 Å². The van der Waals surface area contributed by atoms with E-state index in [2.05, 4.69) is 41.0 Å². The Bertz CT molecular complexity index is 1190. The van der Waals surface area contributed by atoms with Gasteiger partial charge in [0.2, 0.25) is 0 Å². The molecular weight excluding hydrogens is 440 g/mol. The fourth-order valence-electron chi connectivity index (χ4n) is 3.58. The standard InChI is InChI=1S/C21H24N10O3/c1-30-18(21(33)25-12-31-5-2-6-34-31)16(10-26-30)29-20(32)17-19(27-14-7-22-11-23-8-14)24-9-15(28-17)13-3-4-13/h7-11,13H,2-6,12H2,1H3,(H,24,27)(H,25,33)(H,29,32). The highest BCUT2D eigenvalue weighted by atomic mass is 16.7. The summed E-state index contributed by atoms with van der Waals surface area (Å²) in [6, 6.07) is 0. The number of rotatable bonds is 8. The summed E-state index contributed by atoms with van der Waals surface area (Å²) in [7, 11) is 1.63. The highest BCUT2D eigenvalue weighted by molar-refractivity contribution is 6.09. The van der Waals surface area contributed by atoms with Crippen LogP contribution in [0.5, 0.6) is 0 Å². The van der Waals surface area contributed by atoms with Gasteiger partial charge in [0, 0.05) is 19.5 Å². The van der Waals surface area contributed by atoms with Gasteiger partial charge in [-0.1, -0.05) is 0 Å². The first-order valence-corrected chi connectivity index (χ1v) is 11.0. The third-order valence-corrected chi connectivity index (χ3v) is 5.47. The van der Waals surface area contributed by atoms with Gasteiger partial charge in [0.15, 0.2) is 11.5 Å². The second-order valence-corrected chi connectivity index (χ2v) is 8.06. The van der Waals surface area contributed by atoms with E-state index >= 15 is 0 Å². The number of aromatic nitrogens is 6. The maximum atomic E-state index is 13.3. The highest BCUT2D eigenvalue weighted by Crippen LogP contribution is 2.39. The lowest BCUT2D eigenvalue weighted by Crippen LogP contribution is -2.36. The van der Waals surface area contributed by atoms with Crippen molar-refractivity contribution in [1.82, 2.24) is 40.1 Å². The van der Waals surface area contributed by atoms with Gasteiger partial charge < -0.3 is 16.0 Å². The van der Waals surface area contributed by atoms with Crippen molar-refractivity contribution in [3.05, 3.63) is 48.2 Å². The Labute approximate surface area is 194 Å². The molecule has 0 aromatic carbocycles. The molecule has 0 radical (unpaired) electrons. The molecule has 1 saturated carbocycles. The van der Waals surface area contributed by atoms with E-state index in [4.69, 9.17) is 4.84 Å². The molecule has 13 nitrogen and oxygen atoms in total. The number of carbonyl (C=O) groups is 2. The zero-order valence-corrected chi connectivity index (χ0v) is 18.6. The van der Waals surface area contributed by atoms with Gasteiger partial charge in [-0.05, 0) is 19.3 Å². The van der Waals surface area contributed by atoms with Crippen molar-refractivity contribution in [3.63, 3.8) is 0 Å². The molecule has 0 spiro atoms. The lowest BCUT2D eigenvalue weighted by atomic mass is 10.2. The summed E-state index contributed by atoms with van der Waals surface area (Å²) in [4.78, 5) is 48.4. The third kappa shape index (κ3) is 4.84. The van der Waals surface area contributed by atoms with Crippen LogP contribution in [0.25, 0.3) is 0 Å². The van der Waals surface area contributed by atoms with Gasteiger partial charge in [0.05, 0.1) is 55.1 Å². The van der Waals surface area contributed by atoms with Crippen molar-refractivity contribution in [2.24, 2.45) is 7.05 Å². The topological polar surface area (TPSA) is 152 Å². The first kappa shape index (κ1) is 21.9. The van der Waals surface area contributed by atoms with E-state index in [0.717, 1.165) is 31.5 Å². The first-order chi connectivity index (χ1) is 16.6. The quantitative estimate of drug-likeness (QED) is 0.443. The van der Waals surface area contributed by atoms with Crippen molar-refractivity contribution in [2.75, 3.05) is 30.5 Å². The monoisotopic (exact) mass is 464 g/mol. The second kappa shape index (κ2) is 9.49. The zero-order chi connectivity index (χ0) is 23.5. The van der Waals surface area contributed by atoms with E-state index in [1.54, 1.807) is 30.7 Å². The van der Waals surface area contributed by atoms with Crippen LogP contribution < -0.4 is 16.0 Å². The molecule has 0 unspecified atom stereocenters. The van der Waals surface area contributed by atoms with Crippen LogP contribution in [0.15, 0.2) is 31.1 Å². The molecule has 2 aliphatic rings. The summed E-state index contributed by atoms with van der Waals surface area (Å²) < 4.78 is 1.41. The molecule has 176 valence electrons. The minimum atomic E-state index is -0.515.